The standard InChI is InChI=1S/C15H12N2/c1-3-8-14(9-4-1)10-7-13-16-17-15-11-5-2-6-12-15/h1-6,8-9,11-13,17H/b16-13+. The zero-order valence-corrected chi connectivity index (χ0v) is 9.30. The number of hydrazone groups is 1. The van der Waals surface area contributed by atoms with Crippen LogP contribution >= 0.6 is 0 Å². The molecule has 2 nitrogen and oxygen atoms in total. The van der Waals surface area contributed by atoms with Gasteiger partial charge in [0, 0.05) is 5.56 Å². The van der Waals surface area contributed by atoms with E-state index in [0.29, 0.717) is 0 Å². The van der Waals surface area contributed by atoms with Crippen LogP contribution in [-0.2, 0) is 0 Å². The molecule has 0 amide bonds. The van der Waals surface area contributed by atoms with E-state index in [1.54, 1.807) is 6.21 Å². The number of para-hydroxylation sites is 1. The average molecular weight is 220 g/mol. The number of anilines is 1. The van der Waals surface area contributed by atoms with Gasteiger partial charge in [-0.2, -0.15) is 5.10 Å². The van der Waals surface area contributed by atoms with E-state index in [2.05, 4.69) is 22.4 Å². The van der Waals surface area contributed by atoms with E-state index in [0.717, 1.165) is 11.3 Å². The minimum Gasteiger partial charge on any atom is -0.278 e. The van der Waals surface area contributed by atoms with Crippen LogP contribution < -0.4 is 5.43 Å². The largest absolute Gasteiger partial charge is 0.278 e. The summed E-state index contributed by atoms with van der Waals surface area (Å²) in [5.41, 5.74) is 4.83. The maximum atomic E-state index is 4.01. The second kappa shape index (κ2) is 6.14. The SMILES string of the molecule is C(#Cc1ccccc1)/C=N/Nc1ccccc1. The van der Waals surface area contributed by atoms with Gasteiger partial charge in [-0.25, -0.2) is 0 Å². The van der Waals surface area contributed by atoms with E-state index in [4.69, 9.17) is 0 Å². The van der Waals surface area contributed by atoms with Crippen molar-refractivity contribution in [2.24, 2.45) is 5.10 Å². The summed E-state index contributed by atoms with van der Waals surface area (Å²) in [7, 11) is 0. The maximum Gasteiger partial charge on any atom is 0.0974 e. The number of rotatable bonds is 2. The summed E-state index contributed by atoms with van der Waals surface area (Å²) in [6.45, 7) is 0. The number of hydrogen-bond donors (Lipinski definition) is 1. The molecule has 0 radical (unpaired) electrons. The van der Waals surface area contributed by atoms with Gasteiger partial charge in [-0.15, -0.1) is 0 Å². The minimum atomic E-state index is 0.949. The lowest BCUT2D eigenvalue weighted by molar-refractivity contribution is 1.36. The van der Waals surface area contributed by atoms with Crippen molar-refractivity contribution >= 4 is 11.9 Å². The molecule has 2 aromatic carbocycles. The molecule has 0 spiro atoms. The van der Waals surface area contributed by atoms with Crippen LogP contribution in [0.2, 0.25) is 0 Å². The summed E-state index contributed by atoms with van der Waals surface area (Å²) in [5.74, 6) is 5.86. The number of nitrogens with zero attached hydrogens (tertiary/aromatic N) is 1. The quantitative estimate of drug-likeness (QED) is 0.469. The van der Waals surface area contributed by atoms with Gasteiger partial charge in [0.05, 0.1) is 11.9 Å². The summed E-state index contributed by atoms with van der Waals surface area (Å²) in [4.78, 5) is 0. The van der Waals surface area contributed by atoms with Gasteiger partial charge < -0.3 is 0 Å². The first-order valence-corrected chi connectivity index (χ1v) is 5.34. The summed E-state index contributed by atoms with van der Waals surface area (Å²) < 4.78 is 0. The molecular weight excluding hydrogens is 208 g/mol. The van der Waals surface area contributed by atoms with Gasteiger partial charge in [0.15, 0.2) is 0 Å². The normalized spacial score (nSPS) is 9.65. The van der Waals surface area contributed by atoms with E-state index in [9.17, 15) is 0 Å². The molecule has 2 rings (SSSR count). The lowest BCUT2D eigenvalue weighted by Crippen LogP contribution is -1.86. The van der Waals surface area contributed by atoms with Crippen LogP contribution in [0.25, 0.3) is 0 Å². The Morgan fingerprint density at radius 1 is 0.882 bits per heavy atom. The Bertz CT molecular complexity index is 533. The summed E-state index contributed by atoms with van der Waals surface area (Å²) in [6.07, 6.45) is 1.56. The fourth-order valence-corrected chi connectivity index (χ4v) is 1.29. The predicted molar refractivity (Wildman–Crippen MR) is 71.9 cm³/mol. The lowest BCUT2D eigenvalue weighted by Gasteiger charge is -1.95. The third-order valence-corrected chi connectivity index (χ3v) is 2.09. The van der Waals surface area contributed by atoms with Crippen molar-refractivity contribution in [3.63, 3.8) is 0 Å². The smallest absolute Gasteiger partial charge is 0.0974 e. The molecule has 17 heavy (non-hydrogen) atoms. The van der Waals surface area contributed by atoms with Crippen LogP contribution in [0.3, 0.4) is 0 Å². The van der Waals surface area contributed by atoms with Crippen LogP contribution in [0.1, 0.15) is 5.56 Å². The third-order valence-electron chi connectivity index (χ3n) is 2.09. The molecular formula is C15H12N2. The molecule has 0 aromatic heterocycles. The van der Waals surface area contributed by atoms with Gasteiger partial charge in [-0.3, -0.25) is 5.43 Å². The molecule has 0 saturated heterocycles. The minimum absolute atomic E-state index is 0.949. The van der Waals surface area contributed by atoms with Crippen molar-refractivity contribution in [2.75, 3.05) is 5.43 Å². The van der Waals surface area contributed by atoms with Gasteiger partial charge in [0.25, 0.3) is 0 Å². The number of hydrogen-bond acceptors (Lipinski definition) is 2. The fraction of sp³-hybridized carbons (Fsp3) is 0. The van der Waals surface area contributed by atoms with Crippen molar-refractivity contribution in [3.8, 4) is 11.8 Å². The summed E-state index contributed by atoms with van der Waals surface area (Å²) in [6, 6.07) is 19.6. The molecule has 0 fully saturated rings. The van der Waals surface area contributed by atoms with Gasteiger partial charge in [0.1, 0.15) is 0 Å². The molecule has 0 heterocycles. The molecule has 2 aromatic rings. The highest BCUT2D eigenvalue weighted by Crippen LogP contribution is 2.03. The van der Waals surface area contributed by atoms with Crippen molar-refractivity contribution in [1.82, 2.24) is 0 Å². The molecule has 0 aliphatic rings. The van der Waals surface area contributed by atoms with Crippen LogP contribution in [0.5, 0.6) is 0 Å². The lowest BCUT2D eigenvalue weighted by atomic mass is 10.2. The van der Waals surface area contributed by atoms with Gasteiger partial charge in [0.2, 0.25) is 0 Å². The first-order chi connectivity index (χ1) is 8.45. The van der Waals surface area contributed by atoms with Crippen molar-refractivity contribution < 1.29 is 0 Å². The zero-order valence-electron chi connectivity index (χ0n) is 9.30. The van der Waals surface area contributed by atoms with Crippen LogP contribution in [0.4, 0.5) is 5.69 Å². The van der Waals surface area contributed by atoms with Crippen molar-refractivity contribution in [2.45, 2.75) is 0 Å². The molecule has 0 aliphatic heterocycles. The first kappa shape index (κ1) is 11.0. The fourth-order valence-electron chi connectivity index (χ4n) is 1.29. The number of benzene rings is 2. The van der Waals surface area contributed by atoms with E-state index in [-0.39, 0.29) is 0 Å². The molecule has 0 bridgehead atoms. The molecule has 1 N–H and O–H groups in total. The molecule has 0 aliphatic carbocycles. The van der Waals surface area contributed by atoms with Gasteiger partial charge in [-0.05, 0) is 30.2 Å². The Morgan fingerprint density at radius 3 is 2.24 bits per heavy atom. The Morgan fingerprint density at radius 2 is 1.53 bits per heavy atom. The van der Waals surface area contributed by atoms with E-state index in [1.165, 1.54) is 0 Å². The number of nitrogens with one attached hydrogen (secondary N) is 1. The van der Waals surface area contributed by atoms with Crippen molar-refractivity contribution in [3.05, 3.63) is 66.2 Å². The van der Waals surface area contributed by atoms with Crippen LogP contribution in [0.15, 0.2) is 65.8 Å². The molecule has 82 valence electrons. The Labute approximate surface area is 101 Å². The average Bonchev–Trinajstić information content (AvgIpc) is 2.41. The topological polar surface area (TPSA) is 24.4 Å². The second-order valence-corrected chi connectivity index (χ2v) is 3.37. The third kappa shape index (κ3) is 3.84. The zero-order chi connectivity index (χ0) is 11.8. The van der Waals surface area contributed by atoms with Gasteiger partial charge >= 0.3 is 0 Å². The van der Waals surface area contributed by atoms with E-state index >= 15 is 0 Å². The highest BCUT2D eigenvalue weighted by molar-refractivity contribution is 5.79. The van der Waals surface area contributed by atoms with Crippen LogP contribution in [0, 0.1) is 11.8 Å². The molecule has 0 atom stereocenters. The first-order valence-electron chi connectivity index (χ1n) is 5.34. The Kier molecular flexibility index (Phi) is 3.96. The molecule has 0 unspecified atom stereocenters. The maximum absolute atomic E-state index is 4.01. The van der Waals surface area contributed by atoms with Crippen LogP contribution in [-0.4, -0.2) is 6.21 Å². The summed E-state index contributed by atoms with van der Waals surface area (Å²) >= 11 is 0. The van der Waals surface area contributed by atoms with Gasteiger partial charge in [-0.1, -0.05) is 42.3 Å². The Hall–Kier alpha value is -2.53. The predicted octanol–water partition coefficient (Wildman–Crippen LogP) is 3.14. The highest BCUT2D eigenvalue weighted by Gasteiger charge is 1.82. The highest BCUT2D eigenvalue weighted by atomic mass is 15.3. The van der Waals surface area contributed by atoms with E-state index in [1.807, 2.05) is 60.7 Å². The molecule has 2 heteroatoms. The van der Waals surface area contributed by atoms with Crippen molar-refractivity contribution in [1.29, 1.82) is 0 Å². The van der Waals surface area contributed by atoms with E-state index < -0.39 is 0 Å². The molecule has 0 saturated carbocycles. The Balaban J connectivity index is 1.89. The summed E-state index contributed by atoms with van der Waals surface area (Å²) in [5, 5.41) is 4.01. The monoisotopic (exact) mass is 220 g/mol. The second-order valence-electron chi connectivity index (χ2n) is 3.37.